The zero-order valence-electron chi connectivity index (χ0n) is 21.2. The molecular formula is C32H26O6S. The van der Waals surface area contributed by atoms with E-state index in [2.05, 4.69) is 0 Å². The molecule has 1 aliphatic carbocycles. The smallest absolute Gasteiger partial charge is 0.337 e. The third-order valence-electron chi connectivity index (χ3n) is 7.26. The van der Waals surface area contributed by atoms with Crippen LogP contribution in [0.5, 0.6) is 0 Å². The van der Waals surface area contributed by atoms with Crippen molar-refractivity contribution in [3.63, 3.8) is 0 Å². The predicted octanol–water partition coefficient (Wildman–Crippen LogP) is 5.51. The van der Waals surface area contributed by atoms with Gasteiger partial charge in [-0.2, -0.15) is 0 Å². The lowest BCUT2D eigenvalue weighted by Gasteiger charge is -2.24. The van der Waals surface area contributed by atoms with Gasteiger partial charge in [-0.25, -0.2) is 13.2 Å². The second kappa shape index (κ2) is 10.8. The van der Waals surface area contributed by atoms with Gasteiger partial charge in [0.05, 0.1) is 29.2 Å². The van der Waals surface area contributed by atoms with E-state index in [-0.39, 0.29) is 22.2 Å². The fourth-order valence-corrected chi connectivity index (χ4v) is 7.03. The van der Waals surface area contributed by atoms with Gasteiger partial charge < -0.3 is 4.74 Å². The average molecular weight is 539 g/mol. The number of hydrogen-bond donors (Lipinski definition) is 0. The summed E-state index contributed by atoms with van der Waals surface area (Å²) in [5.41, 5.74) is 2.35. The molecule has 6 nitrogen and oxygen atoms in total. The van der Waals surface area contributed by atoms with Gasteiger partial charge in [0.15, 0.2) is 21.4 Å². The number of benzene rings is 4. The molecule has 0 fully saturated rings. The number of carbonyl (C=O) groups excluding carboxylic acids is 3. The topological polar surface area (TPSA) is 94.6 Å². The molecule has 0 aliphatic heterocycles. The van der Waals surface area contributed by atoms with Gasteiger partial charge in [-0.15, -0.1) is 0 Å². The van der Waals surface area contributed by atoms with Gasteiger partial charge >= 0.3 is 5.97 Å². The molecule has 7 heteroatoms. The minimum Gasteiger partial charge on any atom is -0.465 e. The van der Waals surface area contributed by atoms with Crippen LogP contribution in [0.3, 0.4) is 0 Å². The summed E-state index contributed by atoms with van der Waals surface area (Å²) in [5.74, 6) is -4.00. The van der Waals surface area contributed by atoms with E-state index in [9.17, 15) is 22.8 Å². The first-order valence-corrected chi connectivity index (χ1v) is 14.2. The molecule has 0 aromatic heterocycles. The molecule has 0 bridgehead atoms. The number of esters is 1. The van der Waals surface area contributed by atoms with E-state index in [4.69, 9.17) is 4.74 Å². The Labute approximate surface area is 227 Å². The number of hydrogen-bond acceptors (Lipinski definition) is 6. The quantitative estimate of drug-likeness (QED) is 0.217. The van der Waals surface area contributed by atoms with Gasteiger partial charge in [-0.05, 0) is 35.4 Å². The van der Waals surface area contributed by atoms with Crippen molar-refractivity contribution < 1.29 is 27.5 Å². The summed E-state index contributed by atoms with van der Waals surface area (Å²) >= 11 is 0. The molecule has 196 valence electrons. The van der Waals surface area contributed by atoms with E-state index < -0.39 is 33.6 Å². The van der Waals surface area contributed by atoms with Crippen LogP contribution in [0.25, 0.3) is 0 Å². The van der Waals surface area contributed by atoms with Gasteiger partial charge in [-0.1, -0.05) is 84.9 Å². The number of ether oxygens (including phenoxy) is 1. The van der Waals surface area contributed by atoms with Crippen molar-refractivity contribution in [1.29, 1.82) is 0 Å². The van der Waals surface area contributed by atoms with E-state index >= 15 is 0 Å². The molecule has 3 atom stereocenters. The average Bonchev–Trinajstić information content (AvgIpc) is 3.30. The van der Waals surface area contributed by atoms with Crippen molar-refractivity contribution >= 4 is 27.4 Å². The van der Waals surface area contributed by atoms with Gasteiger partial charge in [0.1, 0.15) is 0 Å². The minimum absolute atomic E-state index is 0.168. The lowest BCUT2D eigenvalue weighted by atomic mass is 9.78. The first-order valence-electron chi connectivity index (χ1n) is 12.5. The van der Waals surface area contributed by atoms with Crippen molar-refractivity contribution in [2.75, 3.05) is 12.9 Å². The molecule has 4 aromatic carbocycles. The maximum atomic E-state index is 14.1. The number of sulfone groups is 1. The van der Waals surface area contributed by atoms with Gasteiger partial charge in [0, 0.05) is 23.0 Å². The largest absolute Gasteiger partial charge is 0.465 e. The molecule has 0 amide bonds. The van der Waals surface area contributed by atoms with Crippen molar-refractivity contribution in [3.05, 3.63) is 137 Å². The molecule has 39 heavy (non-hydrogen) atoms. The monoisotopic (exact) mass is 538 g/mol. The Hall–Kier alpha value is -4.36. The second-order valence-corrected chi connectivity index (χ2v) is 11.5. The van der Waals surface area contributed by atoms with E-state index in [1.165, 1.54) is 43.5 Å². The normalized spacial score (nSPS) is 18.2. The highest BCUT2D eigenvalue weighted by atomic mass is 32.2. The standard InChI is InChI=1S/C32H26O6S/c1-38-32(35)23-18-16-22(17-19-23)31(34)28-26-15-9-8-14-25(26)27(20-39(36,37)24-12-6-3-7-13-24)29(28)30(33)21-10-4-2-5-11-21/h2-19,27-29H,20H2,1H3/t27-,28+,29+/m1/s1. The number of methoxy groups -OCH3 is 1. The number of ketones is 2. The van der Waals surface area contributed by atoms with Crippen LogP contribution < -0.4 is 0 Å². The Bertz CT molecular complexity index is 1630. The Balaban J connectivity index is 1.62. The summed E-state index contributed by atoms with van der Waals surface area (Å²) in [6.45, 7) is 0. The predicted molar refractivity (Wildman–Crippen MR) is 147 cm³/mol. The van der Waals surface area contributed by atoms with Crippen LogP contribution in [-0.4, -0.2) is 38.8 Å². The summed E-state index contributed by atoms with van der Waals surface area (Å²) in [5, 5.41) is 0. The third kappa shape index (κ3) is 5.05. The number of carbonyl (C=O) groups is 3. The van der Waals surface area contributed by atoms with Crippen molar-refractivity contribution in [1.82, 2.24) is 0 Å². The van der Waals surface area contributed by atoms with Gasteiger partial charge in [0.25, 0.3) is 0 Å². The van der Waals surface area contributed by atoms with E-state index in [0.717, 1.165) is 0 Å². The van der Waals surface area contributed by atoms with Crippen LogP contribution in [0.4, 0.5) is 0 Å². The summed E-state index contributed by atoms with van der Waals surface area (Å²) in [7, 11) is -2.50. The highest BCUT2D eigenvalue weighted by Crippen LogP contribution is 2.50. The highest BCUT2D eigenvalue weighted by molar-refractivity contribution is 7.91. The molecule has 0 saturated carbocycles. The van der Waals surface area contributed by atoms with E-state index in [1.807, 2.05) is 0 Å². The number of rotatable bonds is 8. The Morgan fingerprint density at radius 3 is 1.77 bits per heavy atom. The number of fused-ring (bicyclic) bond motifs is 1. The Morgan fingerprint density at radius 1 is 0.641 bits per heavy atom. The Kier molecular flexibility index (Phi) is 7.26. The van der Waals surface area contributed by atoms with Gasteiger partial charge in [-0.3, -0.25) is 9.59 Å². The molecule has 0 radical (unpaired) electrons. The van der Waals surface area contributed by atoms with Crippen LogP contribution >= 0.6 is 0 Å². The molecule has 0 unspecified atom stereocenters. The fraction of sp³-hybridized carbons (Fsp3) is 0.156. The highest BCUT2D eigenvalue weighted by Gasteiger charge is 2.49. The molecule has 1 aliphatic rings. The molecule has 0 N–H and O–H groups in total. The molecule has 0 saturated heterocycles. The first-order chi connectivity index (χ1) is 18.8. The number of Topliss-reactive ketones (excluding diaryl/α,β-unsaturated/α-hetero) is 2. The molecule has 5 rings (SSSR count). The molecule has 0 heterocycles. The Morgan fingerprint density at radius 2 is 1.15 bits per heavy atom. The van der Waals surface area contributed by atoms with Crippen LogP contribution in [0.15, 0.2) is 114 Å². The summed E-state index contributed by atoms with van der Waals surface area (Å²) in [6, 6.07) is 30.0. The summed E-state index contributed by atoms with van der Waals surface area (Å²) in [6.07, 6.45) is 0. The fourth-order valence-electron chi connectivity index (χ4n) is 5.41. The molecule has 0 spiro atoms. The summed E-state index contributed by atoms with van der Waals surface area (Å²) in [4.78, 5) is 40.2. The van der Waals surface area contributed by atoms with Crippen molar-refractivity contribution in [3.8, 4) is 0 Å². The lowest BCUT2D eigenvalue weighted by Crippen LogP contribution is -2.31. The van der Waals surface area contributed by atoms with E-state index in [1.54, 1.807) is 72.8 Å². The first kappa shape index (κ1) is 26.3. The third-order valence-corrected chi connectivity index (χ3v) is 9.05. The van der Waals surface area contributed by atoms with Gasteiger partial charge in [0.2, 0.25) is 0 Å². The zero-order chi connectivity index (χ0) is 27.6. The molecule has 4 aromatic rings. The zero-order valence-corrected chi connectivity index (χ0v) is 22.0. The second-order valence-electron chi connectivity index (χ2n) is 9.50. The SMILES string of the molecule is COC(=O)c1ccc(C(=O)[C@H]2c3ccccc3[C@@H](CS(=O)(=O)c3ccccc3)[C@@H]2C(=O)c2ccccc2)cc1. The molecular weight excluding hydrogens is 512 g/mol. The van der Waals surface area contributed by atoms with Crippen molar-refractivity contribution in [2.24, 2.45) is 5.92 Å². The van der Waals surface area contributed by atoms with Crippen LogP contribution in [0.1, 0.15) is 54.0 Å². The van der Waals surface area contributed by atoms with Crippen LogP contribution in [0.2, 0.25) is 0 Å². The summed E-state index contributed by atoms with van der Waals surface area (Å²) < 4.78 is 31.8. The van der Waals surface area contributed by atoms with Crippen LogP contribution in [0, 0.1) is 5.92 Å². The maximum absolute atomic E-state index is 14.1. The van der Waals surface area contributed by atoms with Crippen LogP contribution in [-0.2, 0) is 14.6 Å². The lowest BCUT2D eigenvalue weighted by molar-refractivity contribution is 0.0600. The minimum atomic E-state index is -3.78. The maximum Gasteiger partial charge on any atom is 0.337 e. The van der Waals surface area contributed by atoms with Crippen molar-refractivity contribution in [2.45, 2.75) is 16.7 Å². The van der Waals surface area contributed by atoms with E-state index in [0.29, 0.717) is 27.8 Å².